The third kappa shape index (κ3) is 1.94. The SMILES string of the molecule is NCC1CCc2ccc(Br)cc2C12CCCCC2. The molecule has 1 unspecified atom stereocenters. The maximum absolute atomic E-state index is 6.09. The molecule has 1 atom stereocenters. The summed E-state index contributed by atoms with van der Waals surface area (Å²) in [5, 5.41) is 0. The zero-order valence-electron chi connectivity index (χ0n) is 10.9. The average molecular weight is 308 g/mol. The van der Waals surface area contributed by atoms with Crippen LogP contribution in [0.25, 0.3) is 0 Å². The normalized spacial score (nSPS) is 26.0. The maximum Gasteiger partial charge on any atom is 0.0178 e. The summed E-state index contributed by atoms with van der Waals surface area (Å²) in [4.78, 5) is 0. The third-order valence-corrected chi connectivity index (χ3v) is 5.68. The lowest BCUT2D eigenvalue weighted by molar-refractivity contribution is 0.171. The molecule has 2 aliphatic carbocycles. The van der Waals surface area contributed by atoms with Gasteiger partial charge in [-0.25, -0.2) is 0 Å². The minimum atomic E-state index is 0.393. The highest BCUT2D eigenvalue weighted by atomic mass is 79.9. The van der Waals surface area contributed by atoms with E-state index in [1.807, 2.05) is 0 Å². The molecular formula is C16H22BrN. The van der Waals surface area contributed by atoms with Crippen LogP contribution in [-0.2, 0) is 11.8 Å². The zero-order chi connectivity index (χ0) is 12.6. The van der Waals surface area contributed by atoms with Crippen LogP contribution in [0.2, 0.25) is 0 Å². The van der Waals surface area contributed by atoms with Gasteiger partial charge in [0.2, 0.25) is 0 Å². The Morgan fingerprint density at radius 3 is 2.72 bits per heavy atom. The van der Waals surface area contributed by atoms with E-state index in [1.165, 1.54) is 49.4 Å². The summed E-state index contributed by atoms with van der Waals surface area (Å²) in [6, 6.07) is 6.89. The number of benzene rings is 1. The Kier molecular flexibility index (Phi) is 3.50. The average Bonchev–Trinajstić information content (AvgIpc) is 2.41. The number of aryl methyl sites for hydroxylation is 1. The van der Waals surface area contributed by atoms with Crippen LogP contribution in [0, 0.1) is 5.92 Å². The summed E-state index contributed by atoms with van der Waals surface area (Å²) < 4.78 is 1.23. The van der Waals surface area contributed by atoms with E-state index in [0.29, 0.717) is 11.3 Å². The molecule has 0 aromatic heterocycles. The second-order valence-electron chi connectivity index (χ2n) is 5.99. The highest BCUT2D eigenvalue weighted by Gasteiger charge is 2.43. The number of nitrogens with two attached hydrogens (primary N) is 1. The van der Waals surface area contributed by atoms with Crippen LogP contribution in [0.15, 0.2) is 22.7 Å². The summed E-state index contributed by atoms with van der Waals surface area (Å²) in [5.41, 5.74) is 9.67. The Balaban J connectivity index is 2.10. The van der Waals surface area contributed by atoms with Crippen molar-refractivity contribution in [3.63, 3.8) is 0 Å². The molecule has 1 aromatic rings. The fourth-order valence-corrected chi connectivity index (χ4v) is 4.62. The van der Waals surface area contributed by atoms with Gasteiger partial charge in [0.05, 0.1) is 0 Å². The Labute approximate surface area is 118 Å². The summed E-state index contributed by atoms with van der Waals surface area (Å²) in [6.45, 7) is 0.853. The molecule has 0 heterocycles. The largest absolute Gasteiger partial charge is 0.330 e. The van der Waals surface area contributed by atoms with E-state index in [4.69, 9.17) is 5.73 Å². The van der Waals surface area contributed by atoms with Crippen LogP contribution in [-0.4, -0.2) is 6.54 Å². The molecule has 18 heavy (non-hydrogen) atoms. The quantitative estimate of drug-likeness (QED) is 0.828. The lowest BCUT2D eigenvalue weighted by Gasteiger charge is -2.48. The fourth-order valence-electron chi connectivity index (χ4n) is 4.26. The van der Waals surface area contributed by atoms with Gasteiger partial charge < -0.3 is 5.73 Å². The van der Waals surface area contributed by atoms with Gasteiger partial charge in [0.25, 0.3) is 0 Å². The van der Waals surface area contributed by atoms with Crippen LogP contribution in [0.5, 0.6) is 0 Å². The number of hydrogen-bond acceptors (Lipinski definition) is 1. The van der Waals surface area contributed by atoms with Crippen molar-refractivity contribution in [3.8, 4) is 0 Å². The van der Waals surface area contributed by atoms with Gasteiger partial charge >= 0.3 is 0 Å². The molecule has 1 aromatic carbocycles. The second kappa shape index (κ2) is 4.97. The van der Waals surface area contributed by atoms with E-state index in [9.17, 15) is 0 Å². The summed E-state index contributed by atoms with van der Waals surface area (Å²) in [6.07, 6.45) is 9.35. The summed E-state index contributed by atoms with van der Waals surface area (Å²) in [5.74, 6) is 0.694. The van der Waals surface area contributed by atoms with Crippen molar-refractivity contribution in [2.75, 3.05) is 6.54 Å². The molecule has 2 N–H and O–H groups in total. The van der Waals surface area contributed by atoms with Crippen molar-refractivity contribution in [2.45, 2.75) is 50.4 Å². The number of hydrogen-bond donors (Lipinski definition) is 1. The van der Waals surface area contributed by atoms with Crippen molar-refractivity contribution < 1.29 is 0 Å². The molecule has 0 amide bonds. The monoisotopic (exact) mass is 307 g/mol. The first-order valence-electron chi connectivity index (χ1n) is 7.25. The van der Waals surface area contributed by atoms with E-state index < -0.39 is 0 Å². The molecule has 0 saturated heterocycles. The number of fused-ring (bicyclic) bond motifs is 2. The number of halogens is 1. The van der Waals surface area contributed by atoms with Gasteiger partial charge in [-0.15, -0.1) is 0 Å². The van der Waals surface area contributed by atoms with E-state index in [1.54, 1.807) is 11.1 Å². The smallest absolute Gasteiger partial charge is 0.0178 e. The second-order valence-corrected chi connectivity index (χ2v) is 6.91. The predicted octanol–water partition coefficient (Wildman–Crippen LogP) is 4.17. The van der Waals surface area contributed by atoms with Crippen molar-refractivity contribution in [1.29, 1.82) is 0 Å². The summed E-state index contributed by atoms with van der Waals surface area (Å²) in [7, 11) is 0. The van der Waals surface area contributed by atoms with Crippen LogP contribution in [0.3, 0.4) is 0 Å². The maximum atomic E-state index is 6.09. The van der Waals surface area contributed by atoms with Crippen molar-refractivity contribution in [2.24, 2.45) is 11.7 Å². The Morgan fingerprint density at radius 2 is 2.00 bits per heavy atom. The third-order valence-electron chi connectivity index (χ3n) is 5.18. The zero-order valence-corrected chi connectivity index (χ0v) is 12.5. The molecule has 0 bridgehead atoms. The topological polar surface area (TPSA) is 26.0 Å². The van der Waals surface area contributed by atoms with E-state index >= 15 is 0 Å². The minimum Gasteiger partial charge on any atom is -0.330 e. The molecule has 2 aliphatic rings. The van der Waals surface area contributed by atoms with Gasteiger partial charge in [0, 0.05) is 4.47 Å². The minimum absolute atomic E-state index is 0.393. The molecule has 2 heteroatoms. The van der Waals surface area contributed by atoms with Crippen molar-refractivity contribution >= 4 is 15.9 Å². The molecule has 1 spiro atoms. The lowest BCUT2D eigenvalue weighted by atomic mass is 9.57. The van der Waals surface area contributed by atoms with Gasteiger partial charge in [0.1, 0.15) is 0 Å². The van der Waals surface area contributed by atoms with Gasteiger partial charge in [-0.1, -0.05) is 41.3 Å². The van der Waals surface area contributed by atoms with Gasteiger partial charge in [-0.2, -0.15) is 0 Å². The number of rotatable bonds is 1. The van der Waals surface area contributed by atoms with Crippen LogP contribution >= 0.6 is 15.9 Å². The summed E-state index contributed by atoms with van der Waals surface area (Å²) >= 11 is 3.65. The highest BCUT2D eigenvalue weighted by molar-refractivity contribution is 9.10. The van der Waals surface area contributed by atoms with Crippen LogP contribution in [0.1, 0.15) is 49.7 Å². The van der Waals surface area contributed by atoms with Crippen molar-refractivity contribution in [1.82, 2.24) is 0 Å². The van der Waals surface area contributed by atoms with Gasteiger partial charge in [-0.3, -0.25) is 0 Å². The fraction of sp³-hybridized carbons (Fsp3) is 0.625. The van der Waals surface area contributed by atoms with Crippen LogP contribution < -0.4 is 5.73 Å². The van der Waals surface area contributed by atoms with Crippen molar-refractivity contribution in [3.05, 3.63) is 33.8 Å². The molecule has 3 rings (SSSR count). The molecule has 0 radical (unpaired) electrons. The van der Waals surface area contributed by atoms with E-state index in [0.717, 1.165) is 6.54 Å². The van der Waals surface area contributed by atoms with E-state index in [-0.39, 0.29) is 0 Å². The molecular weight excluding hydrogens is 286 g/mol. The lowest BCUT2D eigenvalue weighted by Crippen LogP contribution is -2.44. The standard InChI is InChI=1S/C16H22BrN/c17-14-7-5-12-4-6-13(11-18)16(15(12)10-14)8-2-1-3-9-16/h5,7,10,13H,1-4,6,8-9,11,18H2. The first kappa shape index (κ1) is 12.7. The molecule has 1 saturated carbocycles. The van der Waals surface area contributed by atoms with Crippen LogP contribution in [0.4, 0.5) is 0 Å². The highest BCUT2D eigenvalue weighted by Crippen LogP contribution is 2.50. The first-order valence-corrected chi connectivity index (χ1v) is 8.04. The molecule has 1 nitrogen and oxygen atoms in total. The Morgan fingerprint density at radius 1 is 1.22 bits per heavy atom. The Bertz CT molecular complexity index is 435. The predicted molar refractivity (Wildman–Crippen MR) is 79.8 cm³/mol. The molecule has 98 valence electrons. The Hall–Kier alpha value is -0.340. The molecule has 1 fully saturated rings. The first-order chi connectivity index (χ1) is 8.76. The molecule has 0 aliphatic heterocycles. The van der Waals surface area contributed by atoms with E-state index in [2.05, 4.69) is 34.1 Å². The van der Waals surface area contributed by atoms with Gasteiger partial charge in [0.15, 0.2) is 0 Å². The van der Waals surface area contributed by atoms with Gasteiger partial charge in [-0.05, 0) is 66.8 Å².